The lowest BCUT2D eigenvalue weighted by Crippen LogP contribution is -2.39. The van der Waals surface area contributed by atoms with Crippen LogP contribution in [-0.2, 0) is 18.9 Å². The average Bonchev–Trinajstić information content (AvgIpc) is 3.00. The first-order chi connectivity index (χ1) is 11.9. The summed E-state index contributed by atoms with van der Waals surface area (Å²) in [4.78, 5) is 24.6. The average molecular weight is 362 g/mol. The van der Waals surface area contributed by atoms with Crippen LogP contribution in [0.3, 0.4) is 0 Å². The Bertz CT molecular complexity index is 413. The standard InChI is InChI=1S/C16H30N2O7/c1-4-16(10-19,11-22-8-13-9-23-15(21)25-13)12-24-14(20)17-6-5-7-18(2)3/h13,19H,4-12H2,1-3H3,(H,17,20). The molecule has 0 aromatic heterocycles. The molecule has 25 heavy (non-hydrogen) atoms. The van der Waals surface area contributed by atoms with Crippen LogP contribution >= 0.6 is 0 Å². The maximum atomic E-state index is 11.7. The highest BCUT2D eigenvalue weighted by molar-refractivity contribution is 5.67. The Labute approximate surface area is 148 Å². The number of amides is 1. The Hall–Kier alpha value is -1.58. The number of hydrogen-bond donors (Lipinski definition) is 2. The van der Waals surface area contributed by atoms with E-state index in [4.69, 9.17) is 14.2 Å². The van der Waals surface area contributed by atoms with Crippen molar-refractivity contribution in [3.05, 3.63) is 0 Å². The van der Waals surface area contributed by atoms with Gasteiger partial charge in [-0.15, -0.1) is 0 Å². The van der Waals surface area contributed by atoms with Crippen molar-refractivity contribution in [1.29, 1.82) is 0 Å². The minimum Gasteiger partial charge on any atom is -0.449 e. The van der Waals surface area contributed by atoms with Gasteiger partial charge in [-0.1, -0.05) is 6.92 Å². The van der Waals surface area contributed by atoms with Crippen molar-refractivity contribution < 1.29 is 33.6 Å². The second-order valence-electron chi connectivity index (χ2n) is 6.49. The molecule has 1 saturated heterocycles. The van der Waals surface area contributed by atoms with Crippen molar-refractivity contribution in [3.63, 3.8) is 0 Å². The van der Waals surface area contributed by atoms with Gasteiger partial charge in [0.25, 0.3) is 0 Å². The molecule has 2 atom stereocenters. The first-order valence-electron chi connectivity index (χ1n) is 8.48. The minimum absolute atomic E-state index is 0.0421. The summed E-state index contributed by atoms with van der Waals surface area (Å²) in [6.45, 7) is 3.66. The van der Waals surface area contributed by atoms with Gasteiger partial charge in [-0.3, -0.25) is 0 Å². The molecule has 1 heterocycles. The lowest BCUT2D eigenvalue weighted by atomic mass is 9.88. The van der Waals surface area contributed by atoms with Gasteiger partial charge in [-0.25, -0.2) is 9.59 Å². The molecule has 9 heteroatoms. The summed E-state index contributed by atoms with van der Waals surface area (Å²) < 4.78 is 20.3. The van der Waals surface area contributed by atoms with Gasteiger partial charge in [0, 0.05) is 6.54 Å². The zero-order chi connectivity index (χ0) is 18.7. The maximum absolute atomic E-state index is 11.7. The van der Waals surface area contributed by atoms with Gasteiger partial charge in [-0.2, -0.15) is 0 Å². The molecular weight excluding hydrogens is 332 g/mol. The Morgan fingerprint density at radius 3 is 2.76 bits per heavy atom. The zero-order valence-electron chi connectivity index (χ0n) is 15.3. The molecule has 0 saturated carbocycles. The molecular formula is C16H30N2O7. The molecule has 0 radical (unpaired) electrons. The number of alkyl carbamates (subject to hydrolysis) is 1. The van der Waals surface area contributed by atoms with Crippen LogP contribution in [0, 0.1) is 5.41 Å². The topological polar surface area (TPSA) is 107 Å². The number of hydrogen-bond acceptors (Lipinski definition) is 8. The Kier molecular flexibility index (Phi) is 9.54. The molecule has 0 spiro atoms. The molecule has 1 aliphatic heterocycles. The van der Waals surface area contributed by atoms with E-state index in [0.29, 0.717) is 13.0 Å². The summed E-state index contributed by atoms with van der Waals surface area (Å²) in [6.07, 6.45) is -0.262. The van der Waals surface area contributed by atoms with E-state index in [1.54, 1.807) is 0 Å². The van der Waals surface area contributed by atoms with E-state index < -0.39 is 23.8 Å². The normalized spacial score (nSPS) is 19.2. The number of carbonyl (C=O) groups excluding carboxylic acids is 2. The molecule has 2 unspecified atom stereocenters. The van der Waals surface area contributed by atoms with Crippen molar-refractivity contribution in [3.8, 4) is 0 Å². The lowest BCUT2D eigenvalue weighted by molar-refractivity contribution is -0.0506. The SMILES string of the molecule is CCC(CO)(COCC1COC(=O)O1)COC(=O)NCCCN(C)C. The summed E-state index contributed by atoms with van der Waals surface area (Å²) in [5.74, 6) is 0. The van der Waals surface area contributed by atoms with Gasteiger partial charge in [-0.05, 0) is 33.5 Å². The van der Waals surface area contributed by atoms with E-state index in [1.807, 2.05) is 25.9 Å². The molecule has 0 aromatic rings. The smallest absolute Gasteiger partial charge is 0.449 e. The zero-order valence-corrected chi connectivity index (χ0v) is 15.3. The maximum Gasteiger partial charge on any atom is 0.508 e. The van der Waals surface area contributed by atoms with Gasteiger partial charge in [0.1, 0.15) is 13.2 Å². The molecule has 0 aliphatic carbocycles. The Morgan fingerprint density at radius 1 is 1.44 bits per heavy atom. The quantitative estimate of drug-likeness (QED) is 0.384. The van der Waals surface area contributed by atoms with Crippen LogP contribution in [0.4, 0.5) is 9.59 Å². The summed E-state index contributed by atoms with van der Waals surface area (Å²) in [7, 11) is 3.93. The van der Waals surface area contributed by atoms with Crippen LogP contribution in [0.5, 0.6) is 0 Å². The van der Waals surface area contributed by atoms with Gasteiger partial charge in [0.2, 0.25) is 0 Å². The first-order valence-corrected chi connectivity index (χ1v) is 8.48. The number of nitrogens with one attached hydrogen (secondary N) is 1. The van der Waals surface area contributed by atoms with E-state index in [2.05, 4.69) is 10.1 Å². The summed E-state index contributed by atoms with van der Waals surface area (Å²) in [5.41, 5.74) is -0.690. The molecule has 1 rings (SSSR count). The van der Waals surface area contributed by atoms with Crippen LogP contribution in [0.25, 0.3) is 0 Å². The highest BCUT2D eigenvalue weighted by Gasteiger charge is 2.32. The molecule has 1 aliphatic rings. The van der Waals surface area contributed by atoms with Gasteiger partial charge in [0.15, 0.2) is 6.10 Å². The van der Waals surface area contributed by atoms with Crippen LogP contribution in [0.2, 0.25) is 0 Å². The van der Waals surface area contributed by atoms with E-state index in [1.165, 1.54) is 0 Å². The second-order valence-corrected chi connectivity index (χ2v) is 6.49. The molecule has 2 N–H and O–H groups in total. The summed E-state index contributed by atoms with van der Waals surface area (Å²) >= 11 is 0. The number of aliphatic hydroxyl groups excluding tert-OH is 1. The van der Waals surface area contributed by atoms with Gasteiger partial charge >= 0.3 is 12.2 Å². The van der Waals surface area contributed by atoms with Crippen molar-refractivity contribution in [2.24, 2.45) is 5.41 Å². The second kappa shape index (κ2) is 11.1. The number of cyclic esters (lactones) is 2. The highest BCUT2D eigenvalue weighted by atomic mass is 16.8. The number of rotatable bonds is 12. The fourth-order valence-corrected chi connectivity index (χ4v) is 2.16. The minimum atomic E-state index is -0.702. The number of carbonyl (C=O) groups is 2. The molecule has 0 bridgehead atoms. The molecule has 146 valence electrons. The van der Waals surface area contributed by atoms with E-state index in [9.17, 15) is 14.7 Å². The third-order valence-electron chi connectivity index (χ3n) is 4.01. The van der Waals surface area contributed by atoms with Crippen LogP contribution in [0.1, 0.15) is 19.8 Å². The molecule has 0 aromatic carbocycles. The fourth-order valence-electron chi connectivity index (χ4n) is 2.16. The van der Waals surface area contributed by atoms with Crippen LogP contribution in [0.15, 0.2) is 0 Å². The van der Waals surface area contributed by atoms with Crippen LogP contribution < -0.4 is 5.32 Å². The number of nitrogens with zero attached hydrogens (tertiary/aromatic N) is 1. The van der Waals surface area contributed by atoms with Crippen molar-refractivity contribution in [1.82, 2.24) is 10.2 Å². The van der Waals surface area contributed by atoms with Crippen molar-refractivity contribution >= 4 is 12.2 Å². The van der Waals surface area contributed by atoms with E-state index >= 15 is 0 Å². The predicted octanol–water partition coefficient (Wildman–Crippen LogP) is 0.605. The fraction of sp³-hybridized carbons (Fsp3) is 0.875. The third-order valence-corrected chi connectivity index (χ3v) is 4.01. The molecule has 9 nitrogen and oxygen atoms in total. The molecule has 1 fully saturated rings. The number of ether oxygens (including phenoxy) is 4. The van der Waals surface area contributed by atoms with E-state index in [0.717, 1.165) is 13.0 Å². The van der Waals surface area contributed by atoms with E-state index in [-0.39, 0.29) is 33.0 Å². The number of aliphatic hydroxyl groups is 1. The Morgan fingerprint density at radius 2 is 2.20 bits per heavy atom. The largest absolute Gasteiger partial charge is 0.508 e. The van der Waals surface area contributed by atoms with Crippen molar-refractivity contribution in [2.45, 2.75) is 25.9 Å². The summed E-state index contributed by atoms with van der Waals surface area (Å²) in [5, 5.41) is 12.4. The summed E-state index contributed by atoms with van der Waals surface area (Å²) in [6, 6.07) is 0. The lowest BCUT2D eigenvalue weighted by Gasteiger charge is -2.30. The monoisotopic (exact) mass is 362 g/mol. The van der Waals surface area contributed by atoms with Crippen molar-refractivity contribution in [2.75, 3.05) is 60.2 Å². The molecule has 1 amide bonds. The predicted molar refractivity (Wildman–Crippen MR) is 89.4 cm³/mol. The highest BCUT2D eigenvalue weighted by Crippen LogP contribution is 2.23. The first kappa shape index (κ1) is 21.5. The van der Waals surface area contributed by atoms with Gasteiger partial charge < -0.3 is 34.3 Å². The Balaban J connectivity index is 2.28. The van der Waals surface area contributed by atoms with Gasteiger partial charge in [0.05, 0.1) is 25.2 Å². The van der Waals surface area contributed by atoms with Crippen LogP contribution in [-0.4, -0.2) is 88.6 Å². The third kappa shape index (κ3) is 8.37.